The minimum absolute atomic E-state index is 0.0140. The highest BCUT2D eigenvalue weighted by Gasteiger charge is 2.35. The van der Waals surface area contributed by atoms with E-state index in [-0.39, 0.29) is 17.6 Å². The van der Waals surface area contributed by atoms with Gasteiger partial charge in [0.05, 0.1) is 18.7 Å². The van der Waals surface area contributed by atoms with Crippen molar-refractivity contribution in [2.24, 2.45) is 0 Å². The van der Waals surface area contributed by atoms with Gasteiger partial charge in [-0.3, -0.25) is 9.69 Å². The Morgan fingerprint density at radius 1 is 1.15 bits per heavy atom. The van der Waals surface area contributed by atoms with E-state index in [1.54, 1.807) is 24.1 Å². The lowest BCUT2D eigenvalue weighted by Gasteiger charge is -2.18. The molecule has 0 aromatic heterocycles. The molecule has 1 aliphatic rings. The summed E-state index contributed by atoms with van der Waals surface area (Å²) in [5.74, 6) is 0.165. The summed E-state index contributed by atoms with van der Waals surface area (Å²) in [7, 11) is 1.60. The number of carbonyl (C=O) groups is 1. The van der Waals surface area contributed by atoms with Gasteiger partial charge in [0.25, 0.3) is 0 Å². The zero-order chi connectivity index (χ0) is 14.3. The molecule has 2 aromatic carbocycles. The molecule has 0 spiro atoms. The van der Waals surface area contributed by atoms with E-state index in [0.29, 0.717) is 5.69 Å². The van der Waals surface area contributed by atoms with Crippen molar-refractivity contribution < 1.29 is 13.9 Å². The predicted octanol–water partition coefficient (Wildman–Crippen LogP) is 3.62. The Hall–Kier alpha value is -2.36. The first-order valence-electron chi connectivity index (χ1n) is 6.39. The zero-order valence-corrected chi connectivity index (χ0v) is 11.3. The van der Waals surface area contributed by atoms with Gasteiger partial charge in [-0.25, -0.2) is 4.39 Å². The fourth-order valence-corrected chi connectivity index (χ4v) is 2.51. The first kappa shape index (κ1) is 12.7. The van der Waals surface area contributed by atoms with Crippen molar-refractivity contribution in [1.82, 2.24) is 0 Å². The van der Waals surface area contributed by atoms with Crippen LogP contribution in [-0.4, -0.2) is 13.0 Å². The van der Waals surface area contributed by atoms with Crippen LogP contribution in [0.15, 0.2) is 42.5 Å². The fraction of sp³-hybridized carbons (Fsp3) is 0.188. The van der Waals surface area contributed by atoms with Crippen LogP contribution in [0.25, 0.3) is 0 Å². The molecule has 4 heteroatoms. The van der Waals surface area contributed by atoms with Gasteiger partial charge < -0.3 is 4.74 Å². The molecule has 0 bridgehead atoms. The van der Waals surface area contributed by atoms with Crippen LogP contribution in [0.1, 0.15) is 18.4 Å². The van der Waals surface area contributed by atoms with Crippen molar-refractivity contribution in [1.29, 1.82) is 0 Å². The van der Waals surface area contributed by atoms with Gasteiger partial charge in [-0.1, -0.05) is 0 Å². The monoisotopic (exact) mass is 271 g/mol. The van der Waals surface area contributed by atoms with E-state index in [2.05, 4.69) is 0 Å². The first-order valence-corrected chi connectivity index (χ1v) is 6.39. The Balaban J connectivity index is 2.10. The summed E-state index contributed by atoms with van der Waals surface area (Å²) < 4.78 is 18.2. The third-order valence-electron chi connectivity index (χ3n) is 3.62. The van der Waals surface area contributed by atoms with Crippen LogP contribution >= 0.6 is 0 Å². The van der Waals surface area contributed by atoms with Crippen LogP contribution in [0.5, 0.6) is 5.75 Å². The van der Waals surface area contributed by atoms with E-state index < -0.39 is 0 Å². The maximum Gasteiger partial charge on any atom is 0.238 e. The van der Waals surface area contributed by atoms with E-state index in [0.717, 1.165) is 17.0 Å². The molecule has 0 radical (unpaired) electrons. The van der Waals surface area contributed by atoms with Crippen molar-refractivity contribution >= 4 is 17.3 Å². The Bertz CT molecular complexity index is 667. The molecule has 1 amide bonds. The molecular formula is C16H14FNO2. The Morgan fingerprint density at radius 2 is 1.85 bits per heavy atom. The maximum atomic E-state index is 13.0. The summed E-state index contributed by atoms with van der Waals surface area (Å²) in [4.78, 5) is 14.1. The predicted molar refractivity (Wildman–Crippen MR) is 75.0 cm³/mol. The number of anilines is 2. The molecule has 0 saturated carbocycles. The van der Waals surface area contributed by atoms with Crippen LogP contribution in [0.2, 0.25) is 0 Å². The smallest absolute Gasteiger partial charge is 0.238 e. The van der Waals surface area contributed by atoms with Crippen molar-refractivity contribution in [3.05, 3.63) is 53.8 Å². The average Bonchev–Trinajstić information content (AvgIpc) is 2.72. The maximum absolute atomic E-state index is 13.0. The summed E-state index contributed by atoms with van der Waals surface area (Å²) in [6.45, 7) is 1.87. The van der Waals surface area contributed by atoms with Crippen molar-refractivity contribution in [2.45, 2.75) is 12.8 Å². The quantitative estimate of drug-likeness (QED) is 0.835. The Morgan fingerprint density at radius 3 is 2.50 bits per heavy atom. The van der Waals surface area contributed by atoms with Gasteiger partial charge in [0.1, 0.15) is 11.6 Å². The second kappa shape index (κ2) is 4.63. The number of halogens is 1. The van der Waals surface area contributed by atoms with Gasteiger partial charge in [-0.2, -0.15) is 0 Å². The van der Waals surface area contributed by atoms with Gasteiger partial charge in [0, 0.05) is 5.69 Å². The van der Waals surface area contributed by atoms with Gasteiger partial charge in [-0.05, 0) is 55.0 Å². The lowest BCUT2D eigenvalue weighted by Crippen LogP contribution is -2.22. The largest absolute Gasteiger partial charge is 0.497 e. The highest BCUT2D eigenvalue weighted by Crippen LogP contribution is 2.43. The van der Waals surface area contributed by atoms with Gasteiger partial charge in [0.2, 0.25) is 5.91 Å². The molecule has 20 heavy (non-hydrogen) atoms. The molecule has 0 aliphatic carbocycles. The number of amides is 1. The van der Waals surface area contributed by atoms with E-state index in [1.807, 2.05) is 25.1 Å². The molecular weight excluding hydrogens is 257 g/mol. The van der Waals surface area contributed by atoms with Gasteiger partial charge >= 0.3 is 0 Å². The van der Waals surface area contributed by atoms with Crippen LogP contribution in [-0.2, 0) is 4.79 Å². The lowest BCUT2D eigenvalue weighted by atomic mass is 10.0. The molecule has 2 aromatic rings. The van der Waals surface area contributed by atoms with Gasteiger partial charge in [0.15, 0.2) is 0 Å². The third kappa shape index (κ3) is 1.84. The first-order chi connectivity index (χ1) is 9.61. The van der Waals surface area contributed by atoms with E-state index in [9.17, 15) is 9.18 Å². The molecule has 1 unspecified atom stereocenters. The fourth-order valence-electron chi connectivity index (χ4n) is 2.51. The molecule has 1 atom stereocenters. The summed E-state index contributed by atoms with van der Waals surface area (Å²) in [6, 6.07) is 11.5. The standard InChI is InChI=1S/C16H14FNO2/c1-10-14-9-13(20-2)7-8-15(14)18(16(10)19)12-5-3-11(17)4-6-12/h3-10H,1-2H3. The molecule has 0 N–H and O–H groups in total. The van der Waals surface area contributed by atoms with E-state index >= 15 is 0 Å². The Kier molecular flexibility index (Phi) is 2.93. The number of fused-ring (bicyclic) bond motifs is 1. The number of methoxy groups -OCH3 is 1. The molecule has 3 rings (SSSR count). The number of carbonyl (C=O) groups excluding carboxylic acids is 1. The summed E-state index contributed by atoms with van der Waals surface area (Å²) in [6.07, 6.45) is 0. The van der Waals surface area contributed by atoms with Crippen molar-refractivity contribution in [3.63, 3.8) is 0 Å². The number of benzene rings is 2. The summed E-state index contributed by atoms with van der Waals surface area (Å²) in [5, 5.41) is 0. The molecule has 0 saturated heterocycles. The second-order valence-electron chi connectivity index (χ2n) is 4.80. The highest BCUT2D eigenvalue weighted by atomic mass is 19.1. The summed E-state index contributed by atoms with van der Waals surface area (Å²) in [5.41, 5.74) is 2.43. The number of ether oxygens (including phenoxy) is 1. The number of nitrogens with zero attached hydrogens (tertiary/aromatic N) is 1. The molecule has 0 fully saturated rings. The SMILES string of the molecule is COc1ccc2c(c1)C(C)C(=O)N2c1ccc(F)cc1. The van der Waals surface area contributed by atoms with Crippen LogP contribution in [0.4, 0.5) is 15.8 Å². The second-order valence-corrected chi connectivity index (χ2v) is 4.80. The number of hydrogen-bond donors (Lipinski definition) is 0. The topological polar surface area (TPSA) is 29.5 Å². The minimum atomic E-state index is -0.316. The Labute approximate surface area is 116 Å². The highest BCUT2D eigenvalue weighted by molar-refractivity contribution is 6.10. The zero-order valence-electron chi connectivity index (χ0n) is 11.3. The minimum Gasteiger partial charge on any atom is -0.497 e. The molecule has 1 heterocycles. The van der Waals surface area contributed by atoms with E-state index in [4.69, 9.17) is 4.74 Å². The van der Waals surface area contributed by atoms with Crippen molar-refractivity contribution in [3.8, 4) is 5.75 Å². The van der Waals surface area contributed by atoms with Crippen LogP contribution in [0.3, 0.4) is 0 Å². The molecule has 102 valence electrons. The number of hydrogen-bond acceptors (Lipinski definition) is 2. The third-order valence-corrected chi connectivity index (χ3v) is 3.62. The van der Waals surface area contributed by atoms with E-state index in [1.165, 1.54) is 12.1 Å². The normalized spacial score (nSPS) is 17.2. The van der Waals surface area contributed by atoms with Crippen molar-refractivity contribution in [2.75, 3.05) is 12.0 Å². The summed E-state index contributed by atoms with van der Waals surface area (Å²) >= 11 is 0. The molecule has 3 nitrogen and oxygen atoms in total. The lowest BCUT2D eigenvalue weighted by molar-refractivity contribution is -0.118. The average molecular weight is 271 g/mol. The van der Waals surface area contributed by atoms with Crippen LogP contribution in [0, 0.1) is 5.82 Å². The van der Waals surface area contributed by atoms with Gasteiger partial charge in [-0.15, -0.1) is 0 Å². The molecule has 1 aliphatic heterocycles. The number of rotatable bonds is 2. The van der Waals surface area contributed by atoms with Crippen LogP contribution < -0.4 is 9.64 Å².